The van der Waals surface area contributed by atoms with Crippen molar-refractivity contribution in [1.29, 1.82) is 0 Å². The van der Waals surface area contributed by atoms with Crippen LogP contribution < -0.4 is 10.1 Å². The van der Waals surface area contributed by atoms with Crippen LogP contribution in [0.3, 0.4) is 0 Å². The molecule has 1 N–H and O–H groups in total. The lowest BCUT2D eigenvalue weighted by molar-refractivity contribution is 0.102. The van der Waals surface area contributed by atoms with Gasteiger partial charge in [-0.25, -0.2) is 0 Å². The Morgan fingerprint density at radius 3 is 2.28 bits per heavy atom. The number of hydrogen-bond donors (Lipinski definition) is 1. The molecule has 0 aliphatic carbocycles. The highest BCUT2D eigenvalue weighted by Crippen LogP contribution is 2.23. The van der Waals surface area contributed by atoms with Crippen molar-refractivity contribution < 1.29 is 9.53 Å². The van der Waals surface area contributed by atoms with Gasteiger partial charge in [0.2, 0.25) is 0 Å². The number of benzene rings is 3. The standard InChI is InChI=1S/C23H22N4O2/c1-4-29-19-11-9-18(10-12-19)27-25-21-13-16(3)20(14-22(21)26-27)24-23(28)17-7-5-15(2)6-8-17/h5-14H,4H2,1-3H3,(H,24,28). The molecule has 0 unspecified atom stereocenters. The molecule has 0 fully saturated rings. The molecule has 0 radical (unpaired) electrons. The van der Waals surface area contributed by atoms with Gasteiger partial charge in [-0.3, -0.25) is 4.79 Å². The quantitative estimate of drug-likeness (QED) is 0.540. The molecule has 1 heterocycles. The minimum absolute atomic E-state index is 0.147. The van der Waals surface area contributed by atoms with Gasteiger partial charge in [0.05, 0.1) is 12.3 Å². The van der Waals surface area contributed by atoms with E-state index in [1.807, 2.05) is 81.4 Å². The lowest BCUT2D eigenvalue weighted by atomic mass is 10.1. The third kappa shape index (κ3) is 3.96. The largest absolute Gasteiger partial charge is 0.494 e. The van der Waals surface area contributed by atoms with E-state index in [-0.39, 0.29) is 5.91 Å². The van der Waals surface area contributed by atoms with Crippen molar-refractivity contribution in [1.82, 2.24) is 15.0 Å². The van der Waals surface area contributed by atoms with E-state index in [1.54, 1.807) is 4.80 Å². The second-order valence-corrected chi connectivity index (χ2v) is 6.89. The number of aryl methyl sites for hydroxylation is 2. The molecule has 4 rings (SSSR count). The molecule has 0 saturated carbocycles. The number of anilines is 1. The van der Waals surface area contributed by atoms with Gasteiger partial charge in [0.15, 0.2) is 0 Å². The van der Waals surface area contributed by atoms with Crippen molar-refractivity contribution in [3.05, 3.63) is 77.4 Å². The number of carbonyl (C=O) groups excluding carboxylic acids is 1. The van der Waals surface area contributed by atoms with Gasteiger partial charge in [0, 0.05) is 11.3 Å². The van der Waals surface area contributed by atoms with Gasteiger partial charge in [-0.15, -0.1) is 10.2 Å². The summed E-state index contributed by atoms with van der Waals surface area (Å²) >= 11 is 0. The molecule has 0 saturated heterocycles. The fourth-order valence-electron chi connectivity index (χ4n) is 3.06. The number of ether oxygens (including phenoxy) is 1. The highest BCUT2D eigenvalue weighted by atomic mass is 16.5. The number of aromatic nitrogens is 3. The number of nitrogens with zero attached hydrogens (tertiary/aromatic N) is 3. The Morgan fingerprint density at radius 2 is 1.62 bits per heavy atom. The first kappa shape index (κ1) is 18.7. The van der Waals surface area contributed by atoms with Gasteiger partial charge in [-0.1, -0.05) is 17.7 Å². The smallest absolute Gasteiger partial charge is 0.255 e. The van der Waals surface area contributed by atoms with Gasteiger partial charge in [0.25, 0.3) is 5.91 Å². The maximum Gasteiger partial charge on any atom is 0.255 e. The first-order chi connectivity index (χ1) is 14.0. The zero-order chi connectivity index (χ0) is 20.4. The summed E-state index contributed by atoms with van der Waals surface area (Å²) < 4.78 is 5.48. The van der Waals surface area contributed by atoms with Crippen molar-refractivity contribution in [2.75, 3.05) is 11.9 Å². The van der Waals surface area contributed by atoms with E-state index in [0.29, 0.717) is 17.7 Å². The van der Waals surface area contributed by atoms with Crippen molar-refractivity contribution >= 4 is 22.6 Å². The molecular weight excluding hydrogens is 364 g/mol. The van der Waals surface area contributed by atoms with Crippen LogP contribution in [-0.4, -0.2) is 27.5 Å². The maximum atomic E-state index is 12.6. The molecule has 6 nitrogen and oxygen atoms in total. The molecule has 0 aliphatic heterocycles. The van der Waals surface area contributed by atoms with Crippen LogP contribution >= 0.6 is 0 Å². The Hall–Kier alpha value is -3.67. The van der Waals surface area contributed by atoms with Crippen molar-refractivity contribution in [3.63, 3.8) is 0 Å². The third-order valence-corrected chi connectivity index (χ3v) is 4.67. The number of hydrogen-bond acceptors (Lipinski definition) is 4. The van der Waals surface area contributed by atoms with Crippen molar-refractivity contribution in [3.8, 4) is 11.4 Å². The fraction of sp³-hybridized carbons (Fsp3) is 0.174. The van der Waals surface area contributed by atoms with Gasteiger partial charge in [0.1, 0.15) is 16.8 Å². The van der Waals surface area contributed by atoms with Crippen LogP contribution in [0, 0.1) is 13.8 Å². The third-order valence-electron chi connectivity index (χ3n) is 4.67. The van der Waals surface area contributed by atoms with E-state index >= 15 is 0 Å². The van der Waals surface area contributed by atoms with E-state index < -0.39 is 0 Å². The van der Waals surface area contributed by atoms with Crippen LogP contribution in [0.25, 0.3) is 16.7 Å². The first-order valence-corrected chi connectivity index (χ1v) is 9.52. The minimum Gasteiger partial charge on any atom is -0.494 e. The Kier molecular flexibility index (Phi) is 4.99. The van der Waals surface area contributed by atoms with Crippen LogP contribution in [0.1, 0.15) is 28.4 Å². The molecule has 0 atom stereocenters. The molecule has 29 heavy (non-hydrogen) atoms. The lowest BCUT2D eigenvalue weighted by Gasteiger charge is -2.08. The van der Waals surface area contributed by atoms with Gasteiger partial charge >= 0.3 is 0 Å². The summed E-state index contributed by atoms with van der Waals surface area (Å²) in [6.07, 6.45) is 0. The topological polar surface area (TPSA) is 69.0 Å². The van der Waals surface area contributed by atoms with E-state index in [4.69, 9.17) is 4.74 Å². The van der Waals surface area contributed by atoms with Gasteiger partial charge in [-0.05, 0) is 74.9 Å². The number of rotatable bonds is 5. The van der Waals surface area contributed by atoms with Crippen molar-refractivity contribution in [2.45, 2.75) is 20.8 Å². The normalized spacial score (nSPS) is 10.9. The summed E-state index contributed by atoms with van der Waals surface area (Å²) in [4.78, 5) is 14.2. The number of amides is 1. The molecule has 0 bridgehead atoms. The minimum atomic E-state index is -0.147. The van der Waals surface area contributed by atoms with E-state index in [2.05, 4.69) is 15.5 Å². The lowest BCUT2D eigenvalue weighted by Crippen LogP contribution is -2.12. The average molecular weight is 386 g/mol. The fourth-order valence-corrected chi connectivity index (χ4v) is 3.06. The molecule has 6 heteroatoms. The predicted octanol–water partition coefficient (Wildman–Crippen LogP) is 4.69. The van der Waals surface area contributed by atoms with Crippen LogP contribution in [0.2, 0.25) is 0 Å². The Labute approximate surface area is 169 Å². The molecular formula is C23H22N4O2. The molecule has 1 amide bonds. The van der Waals surface area contributed by atoms with Gasteiger partial charge in [-0.2, -0.15) is 4.80 Å². The monoisotopic (exact) mass is 386 g/mol. The summed E-state index contributed by atoms with van der Waals surface area (Å²) in [7, 11) is 0. The van der Waals surface area contributed by atoms with Crippen LogP contribution in [-0.2, 0) is 0 Å². The molecule has 3 aromatic carbocycles. The molecule has 4 aromatic rings. The summed E-state index contributed by atoms with van der Waals surface area (Å²) in [5, 5.41) is 12.1. The van der Waals surface area contributed by atoms with Crippen LogP contribution in [0.15, 0.2) is 60.7 Å². The molecule has 0 aliphatic rings. The summed E-state index contributed by atoms with van der Waals surface area (Å²) in [6, 6.07) is 18.9. The zero-order valence-corrected chi connectivity index (χ0v) is 16.6. The molecule has 146 valence electrons. The van der Waals surface area contributed by atoms with E-state index in [1.165, 1.54) is 0 Å². The first-order valence-electron chi connectivity index (χ1n) is 9.52. The highest BCUT2D eigenvalue weighted by Gasteiger charge is 2.12. The predicted molar refractivity (Wildman–Crippen MR) is 114 cm³/mol. The highest BCUT2D eigenvalue weighted by molar-refractivity contribution is 6.05. The summed E-state index contributed by atoms with van der Waals surface area (Å²) in [5.74, 6) is 0.663. The zero-order valence-electron chi connectivity index (χ0n) is 16.6. The number of nitrogens with one attached hydrogen (secondary N) is 1. The van der Waals surface area contributed by atoms with E-state index in [0.717, 1.165) is 33.8 Å². The maximum absolute atomic E-state index is 12.6. The van der Waals surface area contributed by atoms with E-state index in [9.17, 15) is 4.79 Å². The Bertz CT molecular complexity index is 1160. The van der Waals surface area contributed by atoms with Crippen LogP contribution in [0.4, 0.5) is 5.69 Å². The number of carbonyl (C=O) groups is 1. The van der Waals surface area contributed by atoms with Gasteiger partial charge < -0.3 is 10.1 Å². The second-order valence-electron chi connectivity index (χ2n) is 6.89. The van der Waals surface area contributed by atoms with Crippen molar-refractivity contribution in [2.24, 2.45) is 0 Å². The Morgan fingerprint density at radius 1 is 0.966 bits per heavy atom. The summed E-state index contributed by atoms with van der Waals surface area (Å²) in [6.45, 7) is 6.51. The molecule has 1 aromatic heterocycles. The Balaban J connectivity index is 1.61. The average Bonchev–Trinajstić information content (AvgIpc) is 3.12. The SMILES string of the molecule is CCOc1ccc(-n2nc3cc(C)c(NC(=O)c4ccc(C)cc4)cc3n2)cc1. The number of fused-ring (bicyclic) bond motifs is 1. The van der Waals surface area contributed by atoms with Crippen LogP contribution in [0.5, 0.6) is 5.75 Å². The molecule has 0 spiro atoms. The second kappa shape index (κ2) is 7.75. The summed E-state index contributed by atoms with van der Waals surface area (Å²) in [5.41, 5.74) is 5.71.